The Morgan fingerprint density at radius 3 is 2.71 bits per heavy atom. The molecule has 1 aromatic carbocycles. The zero-order valence-electron chi connectivity index (χ0n) is 11.8. The van der Waals surface area contributed by atoms with E-state index in [4.69, 9.17) is 4.74 Å². The Morgan fingerprint density at radius 1 is 1.43 bits per heavy atom. The smallest absolute Gasteiger partial charge is 0.319 e. The van der Waals surface area contributed by atoms with Crippen LogP contribution in [0.25, 0.3) is 11.0 Å². The van der Waals surface area contributed by atoms with Crippen molar-refractivity contribution < 1.29 is 17.9 Å². The minimum absolute atomic E-state index is 0.169. The van der Waals surface area contributed by atoms with Crippen molar-refractivity contribution in [3.8, 4) is 0 Å². The van der Waals surface area contributed by atoms with E-state index in [2.05, 4.69) is 9.97 Å². The maximum Gasteiger partial charge on any atom is 0.319 e. The molecule has 1 aromatic heterocycles. The Bertz CT molecular complexity index is 819. The summed E-state index contributed by atoms with van der Waals surface area (Å²) in [6, 6.07) is 4.93. The third-order valence-corrected chi connectivity index (χ3v) is 4.87. The molecule has 1 heterocycles. The van der Waals surface area contributed by atoms with Crippen molar-refractivity contribution in [3.05, 3.63) is 24.0 Å². The van der Waals surface area contributed by atoms with E-state index < -0.39 is 15.3 Å². The maximum atomic E-state index is 12.1. The summed E-state index contributed by atoms with van der Waals surface area (Å²) >= 11 is 0. The third kappa shape index (κ3) is 2.21. The van der Waals surface area contributed by atoms with Crippen LogP contribution in [0.4, 0.5) is 0 Å². The van der Waals surface area contributed by atoms with Gasteiger partial charge in [0.1, 0.15) is 16.8 Å². The number of esters is 1. The number of aromatic nitrogens is 2. The van der Waals surface area contributed by atoms with Gasteiger partial charge in [0, 0.05) is 6.26 Å². The number of carbonyl (C=O) groups is 1. The Morgan fingerprint density at radius 2 is 2.14 bits per heavy atom. The molecule has 0 spiro atoms. The van der Waals surface area contributed by atoms with Crippen LogP contribution in [0.2, 0.25) is 0 Å². The van der Waals surface area contributed by atoms with Crippen molar-refractivity contribution >= 4 is 26.8 Å². The number of nitrogens with one attached hydrogen (secondary N) is 1. The molecule has 21 heavy (non-hydrogen) atoms. The lowest BCUT2D eigenvalue weighted by atomic mass is 10.1. The zero-order valence-corrected chi connectivity index (χ0v) is 12.7. The zero-order chi connectivity index (χ0) is 15.3. The molecule has 1 aliphatic carbocycles. The second-order valence-corrected chi connectivity index (χ2v) is 7.30. The minimum Gasteiger partial charge on any atom is -0.465 e. The molecule has 0 atom stereocenters. The largest absolute Gasteiger partial charge is 0.465 e. The summed E-state index contributed by atoms with van der Waals surface area (Å²) in [6.45, 7) is 2.07. The number of carbonyl (C=O) groups excluding carboxylic acids is 1. The first-order valence-corrected chi connectivity index (χ1v) is 8.64. The number of hydrogen-bond acceptors (Lipinski definition) is 5. The predicted octanol–water partition coefficient (Wildman–Crippen LogP) is 1.56. The molecule has 3 rings (SSSR count). The standard InChI is InChI=1S/C14H16N2O4S/c1-3-20-13(17)14(7-8-14)12-15-9-5-4-6-10(11(9)16-12)21(2,18)19/h4-6H,3,7-8H2,1-2H3,(H,15,16). The van der Waals surface area contributed by atoms with Gasteiger partial charge in [0.2, 0.25) is 0 Å². The Labute approximate surface area is 122 Å². The summed E-state index contributed by atoms with van der Waals surface area (Å²) in [5.74, 6) is 0.192. The van der Waals surface area contributed by atoms with Crippen LogP contribution in [-0.4, -0.2) is 37.2 Å². The van der Waals surface area contributed by atoms with E-state index in [0.717, 1.165) is 6.26 Å². The summed E-state index contributed by atoms with van der Waals surface area (Å²) in [4.78, 5) is 19.7. The van der Waals surface area contributed by atoms with E-state index in [0.29, 0.717) is 36.3 Å². The first-order chi connectivity index (χ1) is 9.88. The molecule has 0 amide bonds. The Kier molecular flexibility index (Phi) is 3.05. The van der Waals surface area contributed by atoms with Gasteiger partial charge in [0.05, 0.1) is 17.0 Å². The number of sulfone groups is 1. The average molecular weight is 308 g/mol. The summed E-state index contributed by atoms with van der Waals surface area (Å²) in [7, 11) is -3.37. The van der Waals surface area contributed by atoms with Gasteiger partial charge >= 0.3 is 5.97 Å². The van der Waals surface area contributed by atoms with E-state index in [9.17, 15) is 13.2 Å². The fourth-order valence-corrected chi connectivity index (χ4v) is 3.30. The number of nitrogens with zero attached hydrogens (tertiary/aromatic N) is 1. The maximum absolute atomic E-state index is 12.1. The van der Waals surface area contributed by atoms with Gasteiger partial charge < -0.3 is 9.72 Å². The molecule has 7 heteroatoms. The van der Waals surface area contributed by atoms with E-state index >= 15 is 0 Å². The van der Waals surface area contributed by atoms with Crippen molar-refractivity contribution in [3.63, 3.8) is 0 Å². The first-order valence-electron chi connectivity index (χ1n) is 6.75. The molecule has 0 aliphatic heterocycles. The van der Waals surface area contributed by atoms with Crippen LogP contribution >= 0.6 is 0 Å². The summed E-state index contributed by atoms with van der Waals surface area (Å²) < 4.78 is 28.7. The van der Waals surface area contributed by atoms with Gasteiger partial charge in [-0.2, -0.15) is 0 Å². The highest BCUT2D eigenvalue weighted by molar-refractivity contribution is 7.91. The Hall–Kier alpha value is -1.89. The second-order valence-electron chi connectivity index (χ2n) is 5.31. The van der Waals surface area contributed by atoms with Crippen LogP contribution in [0.5, 0.6) is 0 Å². The number of aromatic amines is 1. The highest BCUT2D eigenvalue weighted by Gasteiger charge is 2.55. The minimum atomic E-state index is -3.37. The summed E-state index contributed by atoms with van der Waals surface area (Å²) in [6.07, 6.45) is 2.48. The molecule has 6 nitrogen and oxygen atoms in total. The monoisotopic (exact) mass is 308 g/mol. The molecule has 1 N–H and O–H groups in total. The molecule has 1 saturated carbocycles. The number of para-hydroxylation sites is 1. The van der Waals surface area contributed by atoms with Gasteiger partial charge in [-0.25, -0.2) is 13.4 Å². The van der Waals surface area contributed by atoms with Crippen LogP contribution < -0.4 is 0 Å². The number of imidazole rings is 1. The number of hydrogen-bond donors (Lipinski definition) is 1. The van der Waals surface area contributed by atoms with Gasteiger partial charge in [-0.05, 0) is 31.9 Å². The van der Waals surface area contributed by atoms with Gasteiger partial charge in [0.15, 0.2) is 9.84 Å². The second kappa shape index (κ2) is 4.56. The molecule has 1 fully saturated rings. The van der Waals surface area contributed by atoms with Crippen LogP contribution in [0.1, 0.15) is 25.6 Å². The average Bonchev–Trinajstić information content (AvgIpc) is 3.11. The van der Waals surface area contributed by atoms with Gasteiger partial charge in [-0.15, -0.1) is 0 Å². The third-order valence-electron chi connectivity index (χ3n) is 3.74. The molecular formula is C14H16N2O4S. The number of benzene rings is 1. The molecule has 112 valence electrons. The fraction of sp³-hybridized carbons (Fsp3) is 0.429. The number of H-pyrrole nitrogens is 1. The summed E-state index contributed by atoms with van der Waals surface area (Å²) in [5, 5.41) is 0. The van der Waals surface area contributed by atoms with Crippen LogP contribution in [0, 0.1) is 0 Å². The Balaban J connectivity index is 2.13. The van der Waals surface area contributed by atoms with Gasteiger partial charge in [-0.3, -0.25) is 4.79 Å². The van der Waals surface area contributed by atoms with E-state index in [-0.39, 0.29) is 10.9 Å². The van der Waals surface area contributed by atoms with Crippen molar-refractivity contribution in [1.29, 1.82) is 0 Å². The number of rotatable bonds is 4. The lowest BCUT2D eigenvalue weighted by Crippen LogP contribution is -2.24. The lowest BCUT2D eigenvalue weighted by Gasteiger charge is -2.10. The molecule has 0 bridgehead atoms. The SMILES string of the molecule is CCOC(=O)C1(c2nc3c(S(C)(=O)=O)cccc3[nH]2)CC1. The molecule has 0 saturated heterocycles. The molecule has 2 aromatic rings. The first kappa shape index (κ1) is 14.1. The highest BCUT2D eigenvalue weighted by Crippen LogP contribution is 2.48. The highest BCUT2D eigenvalue weighted by atomic mass is 32.2. The molecule has 0 radical (unpaired) electrons. The number of fused-ring (bicyclic) bond motifs is 1. The van der Waals surface area contributed by atoms with E-state index in [1.165, 1.54) is 6.07 Å². The fourth-order valence-electron chi connectivity index (χ4n) is 2.46. The van der Waals surface area contributed by atoms with E-state index in [1.54, 1.807) is 19.1 Å². The van der Waals surface area contributed by atoms with Crippen molar-refractivity contribution in [2.75, 3.05) is 12.9 Å². The van der Waals surface area contributed by atoms with E-state index in [1.807, 2.05) is 0 Å². The van der Waals surface area contributed by atoms with Crippen LogP contribution in [0.3, 0.4) is 0 Å². The predicted molar refractivity (Wildman–Crippen MR) is 76.7 cm³/mol. The van der Waals surface area contributed by atoms with Gasteiger partial charge in [-0.1, -0.05) is 6.07 Å². The number of ether oxygens (including phenoxy) is 1. The molecule has 1 aliphatic rings. The van der Waals surface area contributed by atoms with Crippen molar-refractivity contribution in [1.82, 2.24) is 9.97 Å². The summed E-state index contributed by atoms with van der Waals surface area (Å²) in [5.41, 5.74) is 0.262. The topological polar surface area (TPSA) is 89.1 Å². The normalized spacial score (nSPS) is 16.9. The quantitative estimate of drug-likeness (QED) is 0.866. The van der Waals surface area contributed by atoms with Crippen molar-refractivity contribution in [2.45, 2.75) is 30.1 Å². The van der Waals surface area contributed by atoms with Crippen LogP contribution in [-0.2, 0) is 24.8 Å². The molecule has 0 unspecified atom stereocenters. The molecular weight excluding hydrogens is 292 g/mol. The lowest BCUT2D eigenvalue weighted by molar-refractivity contribution is -0.146. The van der Waals surface area contributed by atoms with Gasteiger partial charge in [0.25, 0.3) is 0 Å². The van der Waals surface area contributed by atoms with Crippen molar-refractivity contribution in [2.24, 2.45) is 0 Å². The van der Waals surface area contributed by atoms with Crippen LogP contribution in [0.15, 0.2) is 23.1 Å².